The lowest BCUT2D eigenvalue weighted by molar-refractivity contribution is 0.469. The van der Waals surface area contributed by atoms with Crippen molar-refractivity contribution >= 4 is 17.2 Å². The van der Waals surface area contributed by atoms with E-state index in [1.807, 2.05) is 21.7 Å². The molecule has 1 saturated carbocycles. The van der Waals surface area contributed by atoms with Gasteiger partial charge in [-0.2, -0.15) is 5.10 Å². The van der Waals surface area contributed by atoms with E-state index in [2.05, 4.69) is 37.2 Å². The molecule has 30 heavy (non-hydrogen) atoms. The lowest BCUT2D eigenvalue weighted by atomic mass is 10.0. The summed E-state index contributed by atoms with van der Waals surface area (Å²) in [5.41, 5.74) is 5.31. The Balaban J connectivity index is 1.52. The maximum atomic E-state index is 5.08. The molecule has 1 aliphatic carbocycles. The van der Waals surface area contributed by atoms with Crippen molar-refractivity contribution in [3.8, 4) is 28.5 Å². The molecular weight excluding hydrogens is 398 g/mol. The fraction of sp³-hybridized carbons (Fsp3) is 0.400. The van der Waals surface area contributed by atoms with Gasteiger partial charge in [0.15, 0.2) is 17.5 Å². The highest BCUT2D eigenvalue weighted by Crippen LogP contribution is 2.43. The number of aromatic amines is 1. The van der Waals surface area contributed by atoms with Gasteiger partial charge in [0.1, 0.15) is 12.0 Å². The van der Waals surface area contributed by atoms with Crippen LogP contribution in [0.25, 0.3) is 28.5 Å². The van der Waals surface area contributed by atoms with E-state index in [0.717, 1.165) is 40.7 Å². The van der Waals surface area contributed by atoms with E-state index in [0.29, 0.717) is 11.9 Å². The average Bonchev–Trinajstić information content (AvgIpc) is 3.57. The van der Waals surface area contributed by atoms with Gasteiger partial charge in [-0.25, -0.2) is 15.0 Å². The third-order valence-electron chi connectivity index (χ3n) is 6.14. The molecule has 0 unspecified atom stereocenters. The number of H-pyrrole nitrogens is 1. The summed E-state index contributed by atoms with van der Waals surface area (Å²) in [6.07, 6.45) is 11.3. The topological polar surface area (TPSA) is 101 Å². The number of rotatable bonds is 4. The first-order valence-corrected chi connectivity index (χ1v) is 11.3. The maximum Gasteiger partial charge on any atom is 0.165 e. The number of anilines is 1. The van der Waals surface area contributed by atoms with Crippen molar-refractivity contribution in [3.63, 3.8) is 0 Å². The Morgan fingerprint density at radius 2 is 2.10 bits per heavy atom. The minimum absolute atomic E-state index is 0.160. The highest BCUT2D eigenvalue weighted by atomic mass is 32.1. The lowest BCUT2D eigenvalue weighted by Crippen LogP contribution is -2.42. The number of hydrogen-bond donors (Lipinski definition) is 1. The van der Waals surface area contributed by atoms with Crippen molar-refractivity contribution in [2.75, 3.05) is 4.90 Å². The van der Waals surface area contributed by atoms with Gasteiger partial charge in [0.05, 0.1) is 40.9 Å². The maximum absolute atomic E-state index is 5.08. The predicted molar refractivity (Wildman–Crippen MR) is 113 cm³/mol. The lowest BCUT2D eigenvalue weighted by Gasteiger charge is -2.40. The van der Waals surface area contributed by atoms with Crippen molar-refractivity contribution in [2.24, 2.45) is 0 Å². The Labute approximate surface area is 177 Å². The number of thiazole rings is 1. The molecule has 1 aliphatic heterocycles. The van der Waals surface area contributed by atoms with E-state index >= 15 is 0 Å². The molecular formula is C20H21N9S. The van der Waals surface area contributed by atoms with Crippen LogP contribution in [0.4, 0.5) is 5.82 Å². The quantitative estimate of drug-likeness (QED) is 0.537. The highest BCUT2D eigenvalue weighted by molar-refractivity contribution is 7.07. The summed E-state index contributed by atoms with van der Waals surface area (Å²) in [6, 6.07) is 0.623. The zero-order valence-corrected chi connectivity index (χ0v) is 17.4. The summed E-state index contributed by atoms with van der Waals surface area (Å²) >= 11 is 1.55. The first-order valence-electron chi connectivity index (χ1n) is 10.3. The minimum atomic E-state index is 0.160. The second-order valence-electron chi connectivity index (χ2n) is 7.76. The molecule has 9 nitrogen and oxygen atoms in total. The number of nitrogens with zero attached hydrogens (tertiary/aromatic N) is 8. The summed E-state index contributed by atoms with van der Waals surface area (Å²) < 4.78 is 2.04. The number of aromatic nitrogens is 8. The smallest absolute Gasteiger partial charge is 0.165 e. The van der Waals surface area contributed by atoms with Crippen molar-refractivity contribution in [1.82, 2.24) is 39.9 Å². The van der Waals surface area contributed by atoms with Gasteiger partial charge in [-0.05, 0) is 19.3 Å². The van der Waals surface area contributed by atoms with Crippen LogP contribution >= 0.6 is 11.3 Å². The molecule has 0 spiro atoms. The summed E-state index contributed by atoms with van der Waals surface area (Å²) in [6.45, 7) is 2.20. The second-order valence-corrected chi connectivity index (χ2v) is 8.48. The van der Waals surface area contributed by atoms with Crippen LogP contribution in [0.15, 0.2) is 29.6 Å². The normalized spacial score (nSPS) is 18.6. The fourth-order valence-electron chi connectivity index (χ4n) is 4.76. The molecule has 152 valence electrons. The molecule has 2 aliphatic rings. The Kier molecular flexibility index (Phi) is 4.12. The molecule has 1 fully saturated rings. The number of hydrogen-bond acceptors (Lipinski definition) is 8. The Hall–Kier alpha value is -3.14. The van der Waals surface area contributed by atoms with E-state index in [1.54, 1.807) is 23.9 Å². The van der Waals surface area contributed by atoms with Gasteiger partial charge in [0.25, 0.3) is 0 Å². The highest BCUT2D eigenvalue weighted by Gasteiger charge is 2.38. The van der Waals surface area contributed by atoms with Gasteiger partial charge in [-0.3, -0.25) is 9.67 Å². The van der Waals surface area contributed by atoms with Crippen LogP contribution in [0.3, 0.4) is 0 Å². The van der Waals surface area contributed by atoms with Crippen LogP contribution in [0.5, 0.6) is 0 Å². The monoisotopic (exact) mass is 419 g/mol. The van der Waals surface area contributed by atoms with Crippen molar-refractivity contribution < 1.29 is 0 Å². The van der Waals surface area contributed by atoms with Gasteiger partial charge >= 0.3 is 0 Å². The van der Waals surface area contributed by atoms with Crippen LogP contribution in [-0.2, 0) is 0 Å². The molecule has 0 amide bonds. The molecule has 0 saturated heterocycles. The van der Waals surface area contributed by atoms with Crippen LogP contribution in [0.2, 0.25) is 0 Å². The Bertz CT molecular complexity index is 1170. The summed E-state index contributed by atoms with van der Waals surface area (Å²) in [5.74, 6) is 2.58. The standard InChI is InChI=1S/C20H21N9S/c1-2-15-20-27-24-10-28(20)16-8-21-18(25-19(16)29(15)12-5-3-4-6-12)13-7-23-26-17(13)14-9-30-11-22-14/h7-12,15H,2-6H2,1H3,(H,23,26)/t15-/m1/s1. The molecule has 6 rings (SSSR count). The average molecular weight is 420 g/mol. The van der Waals surface area contributed by atoms with E-state index < -0.39 is 0 Å². The molecule has 10 heteroatoms. The minimum Gasteiger partial charge on any atom is -0.342 e. The molecule has 0 aromatic carbocycles. The van der Waals surface area contributed by atoms with E-state index in [9.17, 15) is 0 Å². The summed E-state index contributed by atoms with van der Waals surface area (Å²) in [7, 11) is 0. The van der Waals surface area contributed by atoms with Crippen LogP contribution in [-0.4, -0.2) is 46.0 Å². The van der Waals surface area contributed by atoms with Gasteiger partial charge < -0.3 is 4.90 Å². The van der Waals surface area contributed by atoms with Crippen LogP contribution in [0, 0.1) is 0 Å². The largest absolute Gasteiger partial charge is 0.342 e. The van der Waals surface area contributed by atoms with Gasteiger partial charge in [0.2, 0.25) is 0 Å². The molecule has 1 N–H and O–H groups in total. The third kappa shape index (κ3) is 2.59. The first kappa shape index (κ1) is 17.7. The molecule has 4 aromatic heterocycles. The van der Waals surface area contributed by atoms with Gasteiger partial charge in [-0.15, -0.1) is 21.5 Å². The van der Waals surface area contributed by atoms with E-state index in [4.69, 9.17) is 9.97 Å². The van der Waals surface area contributed by atoms with Gasteiger partial charge in [0, 0.05) is 11.4 Å². The first-order chi connectivity index (χ1) is 14.8. The van der Waals surface area contributed by atoms with Crippen LogP contribution < -0.4 is 4.90 Å². The second kappa shape index (κ2) is 6.98. The van der Waals surface area contributed by atoms with E-state index in [-0.39, 0.29) is 6.04 Å². The van der Waals surface area contributed by atoms with Crippen molar-refractivity contribution in [2.45, 2.75) is 51.1 Å². The summed E-state index contributed by atoms with van der Waals surface area (Å²) in [4.78, 5) is 16.7. The Morgan fingerprint density at radius 1 is 1.20 bits per heavy atom. The third-order valence-corrected chi connectivity index (χ3v) is 6.72. The Morgan fingerprint density at radius 3 is 2.90 bits per heavy atom. The van der Waals surface area contributed by atoms with Crippen LogP contribution in [0.1, 0.15) is 50.9 Å². The molecule has 0 bridgehead atoms. The SMILES string of the molecule is CC[C@@H]1c2nncn2-c2cnc(-c3cn[nH]c3-c3cscn3)nc2N1C1CCCC1. The zero-order valence-electron chi connectivity index (χ0n) is 16.6. The predicted octanol–water partition coefficient (Wildman–Crippen LogP) is 3.78. The molecule has 4 aromatic rings. The number of fused-ring (bicyclic) bond motifs is 3. The molecule has 1 atom stereocenters. The molecule has 0 radical (unpaired) electrons. The van der Waals surface area contributed by atoms with Crippen molar-refractivity contribution in [1.29, 1.82) is 0 Å². The zero-order chi connectivity index (χ0) is 20.1. The fourth-order valence-corrected chi connectivity index (χ4v) is 5.30. The van der Waals surface area contributed by atoms with Gasteiger partial charge in [-0.1, -0.05) is 19.8 Å². The summed E-state index contributed by atoms with van der Waals surface area (Å²) in [5, 5.41) is 17.9. The van der Waals surface area contributed by atoms with Crippen molar-refractivity contribution in [3.05, 3.63) is 35.4 Å². The van der Waals surface area contributed by atoms with E-state index in [1.165, 1.54) is 25.7 Å². The number of nitrogens with one attached hydrogen (secondary N) is 1. The molecule has 5 heterocycles.